The fourth-order valence-electron chi connectivity index (χ4n) is 2.78. The summed E-state index contributed by atoms with van der Waals surface area (Å²) in [6.07, 6.45) is 4.96. The summed E-state index contributed by atoms with van der Waals surface area (Å²) in [6, 6.07) is 9.59. The van der Waals surface area contributed by atoms with Gasteiger partial charge in [0.25, 0.3) is 5.91 Å². The molecule has 10 heteroatoms. The second kappa shape index (κ2) is 7.94. The number of carbonyl (C=O) groups excluding carboxylic acids is 1. The number of aromatic nitrogens is 6. The predicted molar refractivity (Wildman–Crippen MR) is 115 cm³/mol. The van der Waals surface area contributed by atoms with E-state index in [1.807, 2.05) is 41.8 Å². The molecule has 4 rings (SSSR count). The number of amides is 1. The maximum atomic E-state index is 12.6. The molecule has 29 heavy (non-hydrogen) atoms. The largest absolute Gasteiger partial charge is 0.298 e. The first kappa shape index (κ1) is 19.0. The van der Waals surface area contributed by atoms with E-state index >= 15 is 0 Å². The number of aryl methyl sites for hydroxylation is 1. The van der Waals surface area contributed by atoms with Crippen molar-refractivity contribution in [3.8, 4) is 16.4 Å². The summed E-state index contributed by atoms with van der Waals surface area (Å²) in [6.45, 7) is 6.15. The van der Waals surface area contributed by atoms with Crippen molar-refractivity contribution < 1.29 is 4.79 Å². The molecule has 0 radical (unpaired) electrons. The molecule has 146 valence electrons. The number of aromatic amines is 1. The number of hydrogen-bond donors (Lipinski definition) is 2. The van der Waals surface area contributed by atoms with Crippen LogP contribution in [0.5, 0.6) is 0 Å². The molecular formula is C19H17N7OS2. The van der Waals surface area contributed by atoms with Gasteiger partial charge >= 0.3 is 0 Å². The molecule has 0 unspecified atom stereocenters. The number of H-pyrrole nitrogens is 1. The first-order chi connectivity index (χ1) is 14.1. The van der Waals surface area contributed by atoms with Gasteiger partial charge in [0.15, 0.2) is 15.7 Å². The van der Waals surface area contributed by atoms with E-state index in [1.165, 1.54) is 17.5 Å². The van der Waals surface area contributed by atoms with E-state index in [-0.39, 0.29) is 5.91 Å². The van der Waals surface area contributed by atoms with Crippen LogP contribution in [0.2, 0.25) is 0 Å². The quantitative estimate of drug-likeness (QED) is 0.361. The van der Waals surface area contributed by atoms with Crippen LogP contribution in [-0.2, 0) is 6.54 Å². The fourth-order valence-corrected chi connectivity index (χ4v) is 3.94. The third-order valence-corrected chi connectivity index (χ3v) is 5.54. The van der Waals surface area contributed by atoms with Gasteiger partial charge in [0.05, 0.1) is 28.0 Å². The number of nitrogens with one attached hydrogen (secondary N) is 2. The van der Waals surface area contributed by atoms with Crippen molar-refractivity contribution >= 4 is 34.6 Å². The van der Waals surface area contributed by atoms with Gasteiger partial charge in [0, 0.05) is 12.7 Å². The summed E-state index contributed by atoms with van der Waals surface area (Å²) < 4.78 is 3.99. The lowest BCUT2D eigenvalue weighted by Gasteiger charge is -2.01. The molecule has 0 bridgehead atoms. The number of benzene rings is 1. The highest BCUT2D eigenvalue weighted by molar-refractivity contribution is 7.71. The van der Waals surface area contributed by atoms with Crippen LogP contribution in [0, 0.1) is 11.7 Å². The van der Waals surface area contributed by atoms with Crippen LogP contribution in [-0.4, -0.2) is 35.4 Å². The average molecular weight is 424 g/mol. The van der Waals surface area contributed by atoms with Crippen molar-refractivity contribution in [2.24, 2.45) is 0 Å². The molecule has 0 atom stereocenters. The molecule has 4 aromatic rings. The summed E-state index contributed by atoms with van der Waals surface area (Å²) in [5, 5.41) is 14.7. The topological polar surface area (TPSA) is 93.4 Å². The Hall–Kier alpha value is -3.37. The van der Waals surface area contributed by atoms with Crippen LogP contribution in [0.3, 0.4) is 0 Å². The fraction of sp³-hybridized carbons (Fsp3) is 0.105. The molecule has 1 amide bonds. The SMILES string of the molecule is C=CCn1c(-c2sc(NC(=O)c3cnn(-c4ccccc4)c3)nc2C)n[nH]c1=S. The van der Waals surface area contributed by atoms with Crippen LogP contribution >= 0.6 is 23.6 Å². The van der Waals surface area contributed by atoms with E-state index in [1.54, 1.807) is 17.0 Å². The third kappa shape index (κ3) is 3.80. The molecule has 1 aromatic carbocycles. The minimum atomic E-state index is -0.280. The van der Waals surface area contributed by atoms with Gasteiger partial charge in [-0.25, -0.2) is 9.67 Å². The highest BCUT2D eigenvalue weighted by Crippen LogP contribution is 2.32. The van der Waals surface area contributed by atoms with Crippen molar-refractivity contribution in [3.63, 3.8) is 0 Å². The summed E-state index contributed by atoms with van der Waals surface area (Å²) in [5.74, 6) is 0.389. The summed E-state index contributed by atoms with van der Waals surface area (Å²) in [5.41, 5.74) is 2.08. The van der Waals surface area contributed by atoms with Crippen LogP contribution in [0.25, 0.3) is 16.4 Å². The number of rotatable bonds is 6. The molecule has 3 heterocycles. The third-order valence-electron chi connectivity index (χ3n) is 4.16. The molecule has 8 nitrogen and oxygen atoms in total. The number of thiazole rings is 1. The number of hydrogen-bond acceptors (Lipinski definition) is 6. The van der Waals surface area contributed by atoms with Crippen molar-refractivity contribution in [3.05, 3.63) is 71.4 Å². The van der Waals surface area contributed by atoms with Gasteiger partial charge in [-0.3, -0.25) is 19.8 Å². The molecule has 0 saturated carbocycles. The van der Waals surface area contributed by atoms with E-state index in [4.69, 9.17) is 12.2 Å². The smallest absolute Gasteiger partial charge is 0.260 e. The predicted octanol–water partition coefficient (Wildman–Crippen LogP) is 4.00. The maximum absolute atomic E-state index is 12.6. The zero-order chi connectivity index (χ0) is 20.4. The molecule has 0 aliphatic heterocycles. The van der Waals surface area contributed by atoms with Crippen LogP contribution < -0.4 is 5.32 Å². The molecule has 0 aliphatic carbocycles. The zero-order valence-electron chi connectivity index (χ0n) is 15.5. The normalized spacial score (nSPS) is 10.8. The number of carbonyl (C=O) groups is 1. The molecular weight excluding hydrogens is 406 g/mol. The van der Waals surface area contributed by atoms with Gasteiger partial charge in [-0.15, -0.1) is 6.58 Å². The summed E-state index contributed by atoms with van der Waals surface area (Å²) in [4.78, 5) is 17.9. The first-order valence-electron chi connectivity index (χ1n) is 8.72. The monoisotopic (exact) mass is 423 g/mol. The lowest BCUT2D eigenvalue weighted by Crippen LogP contribution is -2.10. The lowest BCUT2D eigenvalue weighted by molar-refractivity contribution is 0.102. The van der Waals surface area contributed by atoms with E-state index < -0.39 is 0 Å². The number of para-hydroxylation sites is 1. The number of nitrogens with zero attached hydrogens (tertiary/aromatic N) is 5. The van der Waals surface area contributed by atoms with Crippen molar-refractivity contribution in [1.29, 1.82) is 0 Å². The summed E-state index contributed by atoms with van der Waals surface area (Å²) >= 11 is 6.61. The van der Waals surface area contributed by atoms with Gasteiger partial charge in [-0.2, -0.15) is 10.2 Å². The van der Waals surface area contributed by atoms with E-state index in [0.717, 1.165) is 16.3 Å². The standard InChI is InChI=1S/C19H17N7OS2/c1-3-9-25-16(23-24-19(25)28)15-12(2)21-18(29-15)22-17(27)13-10-20-26(11-13)14-7-5-4-6-8-14/h3-8,10-11H,1,9H2,2H3,(H,24,28)(H,21,22,27). The Balaban J connectivity index is 1.56. The molecule has 0 spiro atoms. The Labute approximate surface area is 175 Å². The molecule has 3 aromatic heterocycles. The number of anilines is 1. The average Bonchev–Trinajstić information content (AvgIpc) is 3.43. The Morgan fingerprint density at radius 2 is 2.17 bits per heavy atom. The van der Waals surface area contributed by atoms with E-state index in [2.05, 4.69) is 32.2 Å². The second-order valence-corrected chi connectivity index (χ2v) is 7.53. The van der Waals surface area contributed by atoms with Crippen molar-refractivity contribution in [2.45, 2.75) is 13.5 Å². The van der Waals surface area contributed by atoms with Crippen LogP contribution in [0.15, 0.2) is 55.4 Å². The maximum Gasteiger partial charge on any atom is 0.260 e. The Morgan fingerprint density at radius 1 is 1.38 bits per heavy atom. The minimum absolute atomic E-state index is 0.280. The van der Waals surface area contributed by atoms with Gasteiger partial charge in [0.1, 0.15) is 0 Å². The molecule has 0 fully saturated rings. The van der Waals surface area contributed by atoms with Crippen LogP contribution in [0.1, 0.15) is 16.1 Å². The zero-order valence-corrected chi connectivity index (χ0v) is 17.1. The minimum Gasteiger partial charge on any atom is -0.298 e. The van der Waals surface area contributed by atoms with Crippen molar-refractivity contribution in [1.82, 2.24) is 29.5 Å². The van der Waals surface area contributed by atoms with Crippen LogP contribution in [0.4, 0.5) is 5.13 Å². The Bertz CT molecular complexity index is 1230. The summed E-state index contributed by atoms with van der Waals surface area (Å²) in [7, 11) is 0. The highest BCUT2D eigenvalue weighted by atomic mass is 32.1. The van der Waals surface area contributed by atoms with E-state index in [0.29, 0.717) is 27.8 Å². The second-order valence-electron chi connectivity index (χ2n) is 6.15. The van der Waals surface area contributed by atoms with Crippen molar-refractivity contribution in [2.75, 3.05) is 5.32 Å². The molecule has 2 N–H and O–H groups in total. The lowest BCUT2D eigenvalue weighted by atomic mass is 10.3. The Kier molecular flexibility index (Phi) is 5.19. The highest BCUT2D eigenvalue weighted by Gasteiger charge is 2.18. The van der Waals surface area contributed by atoms with Gasteiger partial charge in [-0.1, -0.05) is 35.6 Å². The van der Waals surface area contributed by atoms with Gasteiger partial charge in [-0.05, 0) is 31.3 Å². The van der Waals surface area contributed by atoms with E-state index in [9.17, 15) is 4.79 Å². The number of allylic oxidation sites excluding steroid dienone is 1. The first-order valence-corrected chi connectivity index (χ1v) is 9.94. The van der Waals surface area contributed by atoms with Gasteiger partial charge in [0.2, 0.25) is 0 Å². The van der Waals surface area contributed by atoms with Gasteiger partial charge < -0.3 is 0 Å². The Morgan fingerprint density at radius 3 is 2.93 bits per heavy atom. The molecule has 0 aliphatic rings. The molecule has 0 saturated heterocycles.